The van der Waals surface area contributed by atoms with Gasteiger partial charge in [0, 0.05) is 20.1 Å². The Bertz CT molecular complexity index is 128. The lowest BCUT2D eigenvalue weighted by molar-refractivity contribution is 0.359. The second-order valence-electron chi connectivity index (χ2n) is 2.99. The van der Waals surface area contributed by atoms with Crippen molar-refractivity contribution < 1.29 is 0 Å². The Morgan fingerprint density at radius 3 is 2.27 bits per heavy atom. The Hall–Kier alpha value is -0.770. The zero-order valence-electron chi connectivity index (χ0n) is 7.97. The van der Waals surface area contributed by atoms with Crippen molar-refractivity contribution in [2.75, 3.05) is 14.1 Å². The van der Waals surface area contributed by atoms with Crippen LogP contribution < -0.4 is 10.9 Å². The van der Waals surface area contributed by atoms with Gasteiger partial charge < -0.3 is 10.9 Å². The number of nitrogens with one attached hydrogen (secondary N) is 2. The van der Waals surface area contributed by atoms with Crippen molar-refractivity contribution in [3.63, 3.8) is 0 Å². The molecule has 0 aromatic rings. The molecule has 0 aromatic carbocycles. The van der Waals surface area contributed by atoms with Gasteiger partial charge in [-0.15, -0.1) is 0 Å². The summed E-state index contributed by atoms with van der Waals surface area (Å²) in [7, 11) is 3.85. The van der Waals surface area contributed by atoms with E-state index >= 15 is 0 Å². The van der Waals surface area contributed by atoms with E-state index in [1.165, 1.54) is 0 Å². The summed E-state index contributed by atoms with van der Waals surface area (Å²) in [5.74, 6) is 0.865. The topological polar surface area (TPSA) is 39.7 Å². The van der Waals surface area contributed by atoms with Crippen LogP contribution in [0.1, 0.15) is 20.8 Å². The van der Waals surface area contributed by atoms with Crippen LogP contribution >= 0.6 is 0 Å². The average Bonchev–Trinajstić information content (AvgIpc) is 1.82. The zero-order valence-corrected chi connectivity index (χ0v) is 7.97. The molecule has 0 amide bonds. The highest BCUT2D eigenvalue weighted by molar-refractivity contribution is 5.78. The van der Waals surface area contributed by atoms with Crippen molar-refractivity contribution in [1.29, 1.82) is 0 Å². The van der Waals surface area contributed by atoms with Gasteiger partial charge in [-0.3, -0.25) is 0 Å². The fraction of sp³-hybridized carbons (Fsp3) is 0.857. The molecular formula is C7H18N4. The fourth-order valence-electron chi connectivity index (χ4n) is 0.575. The number of rotatable bonds is 3. The predicted molar refractivity (Wildman–Crippen MR) is 48.2 cm³/mol. The molecule has 0 aliphatic carbocycles. The van der Waals surface area contributed by atoms with Crippen LogP contribution in [0, 0.1) is 0 Å². The molecule has 0 saturated heterocycles. The molecule has 2 N–H and O–H groups in total. The molecule has 4 heteroatoms. The standard InChI is InChI=1S/C7H18N4/c1-6(2)8-9-7(3)10-11(4)5/h6,8H,1-5H3,(H,9,10). The molecule has 0 fully saturated rings. The molecule has 0 aliphatic heterocycles. The number of hydrogen-bond acceptors (Lipinski definition) is 3. The van der Waals surface area contributed by atoms with E-state index in [1.54, 1.807) is 0 Å². The molecule has 0 rings (SSSR count). The highest BCUT2D eigenvalue weighted by Crippen LogP contribution is 1.77. The van der Waals surface area contributed by atoms with Crippen molar-refractivity contribution in [1.82, 2.24) is 15.9 Å². The van der Waals surface area contributed by atoms with Gasteiger partial charge in [-0.1, -0.05) is 0 Å². The van der Waals surface area contributed by atoms with Gasteiger partial charge in [-0.25, -0.2) is 5.01 Å². The Labute approximate surface area is 68.6 Å². The first kappa shape index (κ1) is 10.2. The van der Waals surface area contributed by atoms with E-state index in [2.05, 4.69) is 16.0 Å². The summed E-state index contributed by atoms with van der Waals surface area (Å²) in [4.78, 5) is 0. The van der Waals surface area contributed by atoms with Gasteiger partial charge in [0.05, 0.1) is 0 Å². The van der Waals surface area contributed by atoms with Gasteiger partial charge in [-0.2, -0.15) is 5.10 Å². The molecule has 0 aliphatic rings. The molecule has 0 atom stereocenters. The third-order valence-electron chi connectivity index (χ3n) is 0.876. The number of amidine groups is 1. The number of hydrogen-bond donors (Lipinski definition) is 2. The Morgan fingerprint density at radius 2 is 1.91 bits per heavy atom. The van der Waals surface area contributed by atoms with Gasteiger partial charge >= 0.3 is 0 Å². The third-order valence-corrected chi connectivity index (χ3v) is 0.876. The maximum Gasteiger partial charge on any atom is 0.133 e. The smallest absolute Gasteiger partial charge is 0.133 e. The first-order chi connectivity index (χ1) is 5.02. The Balaban J connectivity index is 3.63. The van der Waals surface area contributed by atoms with Gasteiger partial charge in [0.25, 0.3) is 0 Å². The molecule has 4 nitrogen and oxygen atoms in total. The summed E-state index contributed by atoms with van der Waals surface area (Å²) in [5.41, 5.74) is 5.97. The van der Waals surface area contributed by atoms with E-state index in [0.29, 0.717) is 6.04 Å². The van der Waals surface area contributed by atoms with Crippen LogP contribution in [0.5, 0.6) is 0 Å². The lowest BCUT2D eigenvalue weighted by Gasteiger charge is -2.13. The molecule has 0 heterocycles. The average molecular weight is 158 g/mol. The fourth-order valence-corrected chi connectivity index (χ4v) is 0.575. The van der Waals surface area contributed by atoms with Crippen LogP contribution in [-0.2, 0) is 0 Å². The molecule has 0 saturated carbocycles. The Kier molecular flexibility index (Phi) is 4.61. The maximum absolute atomic E-state index is 4.08. The van der Waals surface area contributed by atoms with Gasteiger partial charge in [0.2, 0.25) is 0 Å². The van der Waals surface area contributed by atoms with Crippen LogP contribution in [0.3, 0.4) is 0 Å². The van der Waals surface area contributed by atoms with E-state index in [4.69, 9.17) is 0 Å². The Morgan fingerprint density at radius 1 is 1.36 bits per heavy atom. The van der Waals surface area contributed by atoms with Crippen LogP contribution in [0.4, 0.5) is 0 Å². The SMILES string of the molecule is CC(=NNC(C)C)NN(C)C. The highest BCUT2D eigenvalue weighted by Gasteiger charge is 1.91. The molecule has 0 aromatic heterocycles. The maximum atomic E-state index is 4.08. The summed E-state index contributed by atoms with van der Waals surface area (Å²) in [6, 6.07) is 0.383. The van der Waals surface area contributed by atoms with Crippen LogP contribution in [0.15, 0.2) is 5.10 Å². The second kappa shape index (κ2) is 4.96. The largest absolute Gasteiger partial charge is 0.306 e. The molecule has 11 heavy (non-hydrogen) atoms. The van der Waals surface area contributed by atoms with E-state index in [0.717, 1.165) is 5.84 Å². The van der Waals surface area contributed by atoms with Crippen LogP contribution in [0.25, 0.3) is 0 Å². The first-order valence-electron chi connectivity index (χ1n) is 3.76. The lowest BCUT2D eigenvalue weighted by Crippen LogP contribution is -2.36. The van der Waals surface area contributed by atoms with Gasteiger partial charge in [0.1, 0.15) is 5.84 Å². The van der Waals surface area contributed by atoms with E-state index in [9.17, 15) is 0 Å². The number of hydrazine groups is 1. The van der Waals surface area contributed by atoms with Crippen LogP contribution in [0.2, 0.25) is 0 Å². The van der Waals surface area contributed by atoms with Crippen molar-refractivity contribution >= 4 is 5.84 Å². The third kappa shape index (κ3) is 7.12. The van der Waals surface area contributed by atoms with Crippen molar-refractivity contribution in [3.05, 3.63) is 0 Å². The molecule has 0 radical (unpaired) electrons. The van der Waals surface area contributed by atoms with E-state index < -0.39 is 0 Å². The molecule has 0 spiro atoms. The lowest BCUT2D eigenvalue weighted by atomic mass is 10.4. The quantitative estimate of drug-likeness (QED) is 0.354. The first-order valence-corrected chi connectivity index (χ1v) is 3.76. The van der Waals surface area contributed by atoms with E-state index in [-0.39, 0.29) is 0 Å². The minimum atomic E-state index is 0.383. The van der Waals surface area contributed by atoms with Crippen molar-refractivity contribution in [3.8, 4) is 0 Å². The highest BCUT2D eigenvalue weighted by atomic mass is 15.5. The van der Waals surface area contributed by atoms with E-state index in [1.807, 2.05) is 39.9 Å². The second-order valence-corrected chi connectivity index (χ2v) is 2.99. The van der Waals surface area contributed by atoms with Crippen molar-refractivity contribution in [2.24, 2.45) is 5.10 Å². The summed E-state index contributed by atoms with van der Waals surface area (Å²) < 4.78 is 0. The summed E-state index contributed by atoms with van der Waals surface area (Å²) in [5, 5.41) is 5.93. The van der Waals surface area contributed by atoms with Gasteiger partial charge in [0.15, 0.2) is 0 Å². The monoisotopic (exact) mass is 158 g/mol. The predicted octanol–water partition coefficient (Wildman–Crippen LogP) is 0.384. The summed E-state index contributed by atoms with van der Waals surface area (Å²) >= 11 is 0. The molecule has 0 unspecified atom stereocenters. The minimum Gasteiger partial charge on any atom is -0.306 e. The molecule has 0 bridgehead atoms. The number of hydrazone groups is 1. The minimum absolute atomic E-state index is 0.383. The number of nitrogens with zero attached hydrogens (tertiary/aromatic N) is 2. The normalized spacial score (nSPS) is 12.5. The summed E-state index contributed by atoms with van der Waals surface area (Å²) in [6.45, 7) is 6.01. The van der Waals surface area contributed by atoms with Crippen LogP contribution in [-0.4, -0.2) is 31.0 Å². The van der Waals surface area contributed by atoms with Crippen molar-refractivity contribution in [2.45, 2.75) is 26.8 Å². The molecular weight excluding hydrogens is 140 g/mol. The zero-order chi connectivity index (χ0) is 8.85. The molecule has 66 valence electrons. The van der Waals surface area contributed by atoms with Gasteiger partial charge in [-0.05, 0) is 20.8 Å². The summed E-state index contributed by atoms with van der Waals surface area (Å²) in [6.07, 6.45) is 0.